The van der Waals surface area contributed by atoms with Gasteiger partial charge in [-0.25, -0.2) is 9.67 Å². The number of nitrogens with zero attached hydrogens (tertiary/aromatic N) is 3. The molecule has 0 saturated carbocycles. The van der Waals surface area contributed by atoms with Crippen LogP contribution in [0.1, 0.15) is 26.7 Å². The van der Waals surface area contributed by atoms with E-state index in [0.717, 1.165) is 6.42 Å². The third kappa shape index (κ3) is 3.36. The molecule has 1 aromatic rings. The number of rotatable bonds is 5. The first-order chi connectivity index (χ1) is 6.22. The average Bonchev–Trinajstić information content (AvgIpc) is 2.56. The van der Waals surface area contributed by atoms with Gasteiger partial charge in [-0.3, -0.25) is 4.79 Å². The van der Waals surface area contributed by atoms with E-state index in [4.69, 9.17) is 0 Å². The predicted molar refractivity (Wildman–Crippen MR) is 49.1 cm³/mol. The molecule has 0 aliphatic carbocycles. The molecule has 0 aliphatic heterocycles. The summed E-state index contributed by atoms with van der Waals surface area (Å²) in [6.45, 7) is 4.52. The van der Waals surface area contributed by atoms with Gasteiger partial charge in [-0.15, -0.1) is 0 Å². The van der Waals surface area contributed by atoms with Crippen LogP contribution in [0.4, 0.5) is 0 Å². The summed E-state index contributed by atoms with van der Waals surface area (Å²) in [6, 6.07) is 0. The maximum Gasteiger partial charge on any atom is 0.154 e. The van der Waals surface area contributed by atoms with Crippen molar-refractivity contribution in [2.45, 2.75) is 33.2 Å². The van der Waals surface area contributed by atoms with Crippen LogP contribution in [0.2, 0.25) is 0 Å². The van der Waals surface area contributed by atoms with Crippen molar-refractivity contribution >= 4 is 5.78 Å². The Morgan fingerprint density at radius 3 is 2.92 bits per heavy atom. The fourth-order valence-electron chi connectivity index (χ4n) is 1.09. The summed E-state index contributed by atoms with van der Waals surface area (Å²) in [4.78, 5) is 15.2. The zero-order chi connectivity index (χ0) is 9.68. The minimum atomic E-state index is 0.222. The number of carbonyl (C=O) groups excluding carboxylic acids is 1. The molecule has 0 aliphatic rings. The molecule has 4 heteroatoms. The minimum Gasteiger partial charge on any atom is -0.298 e. The van der Waals surface area contributed by atoms with Crippen molar-refractivity contribution in [1.82, 2.24) is 14.8 Å². The van der Waals surface area contributed by atoms with E-state index in [-0.39, 0.29) is 5.78 Å². The molecular weight excluding hydrogens is 166 g/mol. The van der Waals surface area contributed by atoms with E-state index in [2.05, 4.69) is 23.9 Å². The summed E-state index contributed by atoms with van der Waals surface area (Å²) in [5.41, 5.74) is 0. The van der Waals surface area contributed by atoms with Crippen LogP contribution < -0.4 is 0 Å². The smallest absolute Gasteiger partial charge is 0.154 e. The van der Waals surface area contributed by atoms with Crippen molar-refractivity contribution in [3.63, 3.8) is 0 Å². The molecule has 1 aromatic heterocycles. The lowest BCUT2D eigenvalue weighted by Crippen LogP contribution is -2.13. The standard InChI is InChI=1S/C9H15N3O/c1-3-8(2)4-9(13)5-12-7-10-6-11-12/h6-8H,3-5H2,1-2H3. The van der Waals surface area contributed by atoms with Crippen LogP contribution in [0.25, 0.3) is 0 Å². The second-order valence-electron chi connectivity index (χ2n) is 3.35. The van der Waals surface area contributed by atoms with Crippen molar-refractivity contribution in [3.8, 4) is 0 Å². The van der Waals surface area contributed by atoms with Crippen molar-refractivity contribution < 1.29 is 4.79 Å². The normalized spacial score (nSPS) is 12.8. The van der Waals surface area contributed by atoms with Gasteiger partial charge in [-0.1, -0.05) is 20.3 Å². The molecule has 0 bridgehead atoms. The lowest BCUT2D eigenvalue weighted by Gasteiger charge is -2.06. The third-order valence-corrected chi connectivity index (χ3v) is 2.08. The highest BCUT2D eigenvalue weighted by molar-refractivity contribution is 5.78. The maximum absolute atomic E-state index is 11.4. The van der Waals surface area contributed by atoms with Gasteiger partial charge in [0.25, 0.3) is 0 Å². The SMILES string of the molecule is CCC(C)CC(=O)Cn1cncn1. The zero-order valence-corrected chi connectivity index (χ0v) is 8.10. The topological polar surface area (TPSA) is 47.8 Å². The Kier molecular flexibility index (Phi) is 3.61. The summed E-state index contributed by atoms with van der Waals surface area (Å²) in [6.07, 6.45) is 4.69. The lowest BCUT2D eigenvalue weighted by atomic mass is 10.0. The molecule has 0 amide bonds. The van der Waals surface area contributed by atoms with Crippen LogP contribution in [-0.4, -0.2) is 20.5 Å². The first-order valence-corrected chi connectivity index (χ1v) is 4.56. The molecule has 0 saturated heterocycles. The summed E-state index contributed by atoms with van der Waals surface area (Å²) in [5.74, 6) is 0.691. The largest absolute Gasteiger partial charge is 0.298 e. The number of hydrogen-bond acceptors (Lipinski definition) is 3. The number of carbonyl (C=O) groups is 1. The molecule has 4 nitrogen and oxygen atoms in total. The van der Waals surface area contributed by atoms with E-state index in [0.29, 0.717) is 18.9 Å². The van der Waals surface area contributed by atoms with Gasteiger partial charge in [-0.05, 0) is 5.92 Å². The van der Waals surface area contributed by atoms with Gasteiger partial charge in [0.1, 0.15) is 19.2 Å². The quantitative estimate of drug-likeness (QED) is 0.687. The summed E-state index contributed by atoms with van der Waals surface area (Å²) in [7, 11) is 0. The number of Topliss-reactive ketones (excluding diaryl/α,β-unsaturated/α-hetero) is 1. The number of hydrogen-bond donors (Lipinski definition) is 0. The van der Waals surface area contributed by atoms with Gasteiger partial charge in [0.2, 0.25) is 0 Å². The second kappa shape index (κ2) is 4.74. The van der Waals surface area contributed by atoms with Crippen LogP contribution in [0.15, 0.2) is 12.7 Å². The van der Waals surface area contributed by atoms with Gasteiger partial charge >= 0.3 is 0 Å². The molecular formula is C9H15N3O. The molecule has 13 heavy (non-hydrogen) atoms. The van der Waals surface area contributed by atoms with Crippen LogP contribution in [0.3, 0.4) is 0 Å². The predicted octanol–water partition coefficient (Wildman–Crippen LogP) is 1.28. The highest BCUT2D eigenvalue weighted by Gasteiger charge is 2.07. The maximum atomic E-state index is 11.4. The fraction of sp³-hybridized carbons (Fsp3) is 0.667. The third-order valence-electron chi connectivity index (χ3n) is 2.08. The first kappa shape index (κ1) is 9.89. The minimum absolute atomic E-state index is 0.222. The number of ketones is 1. The van der Waals surface area contributed by atoms with Crippen LogP contribution in [-0.2, 0) is 11.3 Å². The van der Waals surface area contributed by atoms with Crippen molar-refractivity contribution in [1.29, 1.82) is 0 Å². The van der Waals surface area contributed by atoms with E-state index in [1.54, 1.807) is 11.0 Å². The fourth-order valence-corrected chi connectivity index (χ4v) is 1.09. The van der Waals surface area contributed by atoms with Crippen LogP contribution in [0.5, 0.6) is 0 Å². The van der Waals surface area contributed by atoms with Crippen LogP contribution in [0, 0.1) is 5.92 Å². The molecule has 0 aromatic carbocycles. The Bertz CT molecular complexity index is 256. The number of aromatic nitrogens is 3. The zero-order valence-electron chi connectivity index (χ0n) is 8.10. The molecule has 0 radical (unpaired) electrons. The molecule has 0 fully saturated rings. The lowest BCUT2D eigenvalue weighted by molar-refractivity contribution is -0.120. The van der Waals surface area contributed by atoms with Gasteiger partial charge in [-0.2, -0.15) is 5.10 Å². The second-order valence-corrected chi connectivity index (χ2v) is 3.35. The monoisotopic (exact) mass is 181 g/mol. The summed E-state index contributed by atoms with van der Waals surface area (Å²) in [5, 5.41) is 3.87. The van der Waals surface area contributed by atoms with E-state index in [9.17, 15) is 4.79 Å². The summed E-state index contributed by atoms with van der Waals surface area (Å²) >= 11 is 0. The van der Waals surface area contributed by atoms with Crippen molar-refractivity contribution in [2.75, 3.05) is 0 Å². The first-order valence-electron chi connectivity index (χ1n) is 4.56. The highest BCUT2D eigenvalue weighted by Crippen LogP contribution is 2.07. The van der Waals surface area contributed by atoms with Gasteiger partial charge in [0, 0.05) is 6.42 Å². The van der Waals surface area contributed by atoms with E-state index >= 15 is 0 Å². The van der Waals surface area contributed by atoms with Crippen molar-refractivity contribution in [2.24, 2.45) is 5.92 Å². The van der Waals surface area contributed by atoms with E-state index < -0.39 is 0 Å². The summed E-state index contributed by atoms with van der Waals surface area (Å²) < 4.78 is 1.56. The Labute approximate surface area is 78.0 Å². The Morgan fingerprint density at radius 2 is 2.38 bits per heavy atom. The van der Waals surface area contributed by atoms with Crippen LogP contribution >= 0.6 is 0 Å². The average molecular weight is 181 g/mol. The molecule has 1 atom stereocenters. The Morgan fingerprint density at radius 1 is 1.62 bits per heavy atom. The Balaban J connectivity index is 2.34. The Hall–Kier alpha value is -1.19. The van der Waals surface area contributed by atoms with Crippen molar-refractivity contribution in [3.05, 3.63) is 12.7 Å². The van der Waals surface area contributed by atoms with Gasteiger partial charge < -0.3 is 0 Å². The molecule has 1 rings (SSSR count). The molecule has 0 N–H and O–H groups in total. The van der Waals surface area contributed by atoms with Gasteiger partial charge in [0.15, 0.2) is 5.78 Å². The molecule has 72 valence electrons. The van der Waals surface area contributed by atoms with E-state index in [1.165, 1.54) is 6.33 Å². The molecule has 1 unspecified atom stereocenters. The van der Waals surface area contributed by atoms with Gasteiger partial charge in [0.05, 0.1) is 0 Å². The highest BCUT2D eigenvalue weighted by atomic mass is 16.1. The molecule has 0 spiro atoms. The molecule has 1 heterocycles. The van der Waals surface area contributed by atoms with E-state index in [1.807, 2.05) is 0 Å².